The average molecular weight is 633 g/mol. The first-order valence-electron chi connectivity index (χ1n) is 15.3. The molecule has 3 aromatic heterocycles. The van der Waals surface area contributed by atoms with Crippen LogP contribution in [0.4, 0.5) is 5.82 Å². The van der Waals surface area contributed by atoms with E-state index >= 15 is 0 Å². The van der Waals surface area contributed by atoms with Gasteiger partial charge in [0.25, 0.3) is 5.91 Å². The van der Waals surface area contributed by atoms with Crippen molar-refractivity contribution < 1.29 is 19.0 Å². The molecule has 0 spiro atoms. The van der Waals surface area contributed by atoms with Crippen molar-refractivity contribution in [2.75, 3.05) is 33.2 Å². The van der Waals surface area contributed by atoms with E-state index in [-0.39, 0.29) is 17.3 Å². The molecule has 1 fully saturated rings. The molecule has 0 unspecified atom stereocenters. The van der Waals surface area contributed by atoms with Crippen molar-refractivity contribution in [2.24, 2.45) is 11.7 Å². The molecule has 0 atom stereocenters. The van der Waals surface area contributed by atoms with Gasteiger partial charge in [0.15, 0.2) is 11.5 Å². The maximum atomic E-state index is 13.9. The fourth-order valence-electron chi connectivity index (χ4n) is 5.90. The molecule has 0 saturated carbocycles. The monoisotopic (exact) mass is 632 g/mol. The van der Waals surface area contributed by atoms with E-state index in [1.165, 1.54) is 6.20 Å². The fourth-order valence-corrected chi connectivity index (χ4v) is 5.90. The zero-order chi connectivity index (χ0) is 33.1. The van der Waals surface area contributed by atoms with E-state index in [0.717, 1.165) is 29.5 Å². The smallest absolute Gasteiger partial charge is 0.254 e. The van der Waals surface area contributed by atoms with Gasteiger partial charge in [0.2, 0.25) is 5.43 Å². The molecule has 6 rings (SSSR count). The molecule has 1 aliphatic heterocycles. The van der Waals surface area contributed by atoms with E-state index in [9.17, 15) is 9.59 Å². The summed E-state index contributed by atoms with van der Waals surface area (Å²) in [5, 5.41) is 0. The van der Waals surface area contributed by atoms with Crippen molar-refractivity contribution in [3.05, 3.63) is 94.7 Å². The lowest BCUT2D eigenvalue weighted by Crippen LogP contribution is -2.29. The number of nitrogens with two attached hydrogens (primary N) is 2. The number of amides is 1. The number of nitrogens with zero attached hydrogens (tertiary/aromatic N) is 4. The van der Waals surface area contributed by atoms with E-state index in [1.54, 1.807) is 32.8 Å². The molecular weight excluding hydrogens is 596 g/mol. The summed E-state index contributed by atoms with van der Waals surface area (Å²) in [4.78, 5) is 40.7. The van der Waals surface area contributed by atoms with Crippen LogP contribution in [0.5, 0.6) is 11.5 Å². The molecule has 240 valence electrons. The third-order valence-electron chi connectivity index (χ3n) is 8.49. The van der Waals surface area contributed by atoms with Crippen molar-refractivity contribution in [2.45, 2.75) is 26.3 Å². The van der Waals surface area contributed by atoms with Gasteiger partial charge in [-0.15, -0.1) is 0 Å². The Balaban J connectivity index is 1.44. The van der Waals surface area contributed by atoms with Gasteiger partial charge in [0.05, 0.1) is 38.0 Å². The normalized spacial score (nSPS) is 13.3. The highest BCUT2D eigenvalue weighted by molar-refractivity contribution is 5.99. The first kappa shape index (κ1) is 31.4. The quantitative estimate of drug-likeness (QED) is 0.225. The van der Waals surface area contributed by atoms with Crippen LogP contribution in [0.15, 0.2) is 78.1 Å². The first-order valence-corrected chi connectivity index (χ1v) is 15.3. The first-order chi connectivity index (χ1) is 22.8. The number of methoxy groups -OCH3 is 2. The van der Waals surface area contributed by atoms with Crippen LogP contribution in [0.2, 0.25) is 0 Å². The molecule has 11 heteroatoms. The Morgan fingerprint density at radius 2 is 1.55 bits per heavy atom. The van der Waals surface area contributed by atoms with Crippen LogP contribution in [0.3, 0.4) is 0 Å². The van der Waals surface area contributed by atoms with Crippen LogP contribution in [0.25, 0.3) is 44.9 Å². The third kappa shape index (κ3) is 6.43. The summed E-state index contributed by atoms with van der Waals surface area (Å²) < 4.78 is 18.3. The van der Waals surface area contributed by atoms with E-state index in [1.807, 2.05) is 60.0 Å². The molecule has 0 aliphatic carbocycles. The molecule has 11 nitrogen and oxygen atoms in total. The lowest BCUT2D eigenvalue weighted by atomic mass is 9.97. The minimum atomic E-state index is -0.832. The standard InChI is InChI=1S/C36H36N6O5/c1-21-4-6-23(7-5-21)27-20-42(19-22-10-12-47-13-11-22)33(32(34(27)43)36(38)44)29-18-39-28(17-40-29)26-14-25(16-41-35(26)37)24-8-9-30(45-2)31(15-24)46-3/h4-9,14-18,20,22H,10-13,19H2,1-3H3,(H2,37,41)(H2,38,44). The third-order valence-corrected chi connectivity index (χ3v) is 8.49. The number of benzene rings is 2. The lowest BCUT2D eigenvalue weighted by Gasteiger charge is -2.26. The number of carbonyl (C=O) groups excluding carboxylic acids is 1. The van der Waals surface area contributed by atoms with Crippen LogP contribution in [0.1, 0.15) is 28.8 Å². The van der Waals surface area contributed by atoms with Gasteiger partial charge in [-0.2, -0.15) is 0 Å². The van der Waals surface area contributed by atoms with Crippen LogP contribution in [-0.4, -0.2) is 52.9 Å². The second-order valence-corrected chi connectivity index (χ2v) is 11.5. The maximum absolute atomic E-state index is 13.9. The maximum Gasteiger partial charge on any atom is 0.254 e. The van der Waals surface area contributed by atoms with Gasteiger partial charge in [-0.1, -0.05) is 35.9 Å². The molecule has 0 radical (unpaired) electrons. The summed E-state index contributed by atoms with van der Waals surface area (Å²) in [6.07, 6.45) is 8.27. The predicted molar refractivity (Wildman–Crippen MR) is 180 cm³/mol. The van der Waals surface area contributed by atoms with Crippen molar-refractivity contribution >= 4 is 11.7 Å². The molecule has 1 saturated heterocycles. The molecular formula is C36H36N6O5. The van der Waals surface area contributed by atoms with Crippen LogP contribution >= 0.6 is 0 Å². The Kier molecular flexibility index (Phi) is 8.99. The molecule has 1 aliphatic rings. The molecule has 5 aromatic rings. The minimum Gasteiger partial charge on any atom is -0.493 e. The SMILES string of the molecule is COc1ccc(-c2cnc(N)c(-c3cnc(-c4c(C(N)=O)c(=O)c(-c5ccc(C)cc5)cn4CC4CCOCC4)cn3)c2)cc1OC. The predicted octanol–water partition coefficient (Wildman–Crippen LogP) is 5.13. The van der Waals surface area contributed by atoms with Crippen molar-refractivity contribution in [3.63, 3.8) is 0 Å². The average Bonchev–Trinajstić information content (AvgIpc) is 3.09. The molecule has 4 heterocycles. The highest BCUT2D eigenvalue weighted by Gasteiger charge is 2.25. The number of hydrogen-bond acceptors (Lipinski definition) is 9. The van der Waals surface area contributed by atoms with Gasteiger partial charge >= 0.3 is 0 Å². The highest BCUT2D eigenvalue weighted by Crippen LogP contribution is 2.35. The summed E-state index contributed by atoms with van der Waals surface area (Å²) in [6, 6.07) is 15.1. The number of ether oxygens (including phenoxy) is 3. The number of aryl methyl sites for hydroxylation is 1. The minimum absolute atomic E-state index is 0.131. The Labute approximate surface area is 272 Å². The van der Waals surface area contributed by atoms with Gasteiger partial charge in [0, 0.05) is 48.8 Å². The highest BCUT2D eigenvalue weighted by atomic mass is 16.5. The van der Waals surface area contributed by atoms with E-state index in [0.29, 0.717) is 65.0 Å². The van der Waals surface area contributed by atoms with Gasteiger partial charge in [-0.05, 0) is 55.0 Å². The number of hydrogen-bond donors (Lipinski definition) is 2. The number of carbonyl (C=O) groups is 1. The lowest BCUT2D eigenvalue weighted by molar-refractivity contribution is 0.0613. The molecule has 4 N–H and O–H groups in total. The number of aromatic nitrogens is 4. The second kappa shape index (κ2) is 13.4. The van der Waals surface area contributed by atoms with Crippen LogP contribution < -0.4 is 26.4 Å². The Morgan fingerprint density at radius 3 is 2.21 bits per heavy atom. The van der Waals surface area contributed by atoms with Crippen molar-refractivity contribution in [1.29, 1.82) is 0 Å². The topological polar surface area (TPSA) is 157 Å². The Hall–Kier alpha value is -5.55. The van der Waals surface area contributed by atoms with E-state index in [2.05, 4.69) is 9.97 Å². The van der Waals surface area contributed by atoms with Crippen molar-refractivity contribution in [1.82, 2.24) is 19.5 Å². The number of rotatable bonds is 9. The van der Waals surface area contributed by atoms with Gasteiger partial charge in [-0.25, -0.2) is 4.98 Å². The van der Waals surface area contributed by atoms with Gasteiger partial charge in [0.1, 0.15) is 17.1 Å². The summed E-state index contributed by atoms with van der Waals surface area (Å²) in [6.45, 7) is 3.83. The fraction of sp³-hybridized carbons (Fsp3) is 0.250. The van der Waals surface area contributed by atoms with Gasteiger partial charge < -0.3 is 30.2 Å². The molecule has 1 amide bonds. The number of anilines is 1. The van der Waals surface area contributed by atoms with E-state index < -0.39 is 11.3 Å². The van der Waals surface area contributed by atoms with Crippen molar-refractivity contribution in [3.8, 4) is 56.4 Å². The van der Waals surface area contributed by atoms with Crippen LogP contribution in [-0.2, 0) is 11.3 Å². The zero-order valence-electron chi connectivity index (χ0n) is 26.5. The summed E-state index contributed by atoms with van der Waals surface area (Å²) in [5.74, 6) is 0.903. The summed E-state index contributed by atoms with van der Waals surface area (Å²) in [7, 11) is 3.16. The van der Waals surface area contributed by atoms with Crippen LogP contribution in [0, 0.1) is 12.8 Å². The Morgan fingerprint density at radius 1 is 0.872 bits per heavy atom. The second-order valence-electron chi connectivity index (χ2n) is 11.5. The zero-order valence-corrected chi connectivity index (χ0v) is 26.5. The number of primary amides is 1. The van der Waals surface area contributed by atoms with E-state index in [4.69, 9.17) is 30.7 Å². The Bertz CT molecular complexity index is 1980. The number of pyridine rings is 2. The largest absolute Gasteiger partial charge is 0.493 e. The summed E-state index contributed by atoms with van der Waals surface area (Å²) in [5.41, 5.74) is 17.1. The molecule has 47 heavy (non-hydrogen) atoms. The summed E-state index contributed by atoms with van der Waals surface area (Å²) >= 11 is 0. The molecule has 0 bridgehead atoms. The molecule has 2 aromatic carbocycles. The number of nitrogen functional groups attached to an aromatic ring is 1. The van der Waals surface area contributed by atoms with Gasteiger partial charge in [-0.3, -0.25) is 19.6 Å².